The number of aliphatic hydroxyl groups is 2. The molecule has 0 amide bonds. The highest BCUT2D eigenvalue weighted by atomic mass is 31.2. The van der Waals surface area contributed by atoms with Crippen molar-refractivity contribution in [3.8, 4) is 0 Å². The Bertz CT molecular complexity index is 2690. The van der Waals surface area contributed by atoms with E-state index in [2.05, 4.69) is 39.9 Å². The summed E-state index contributed by atoms with van der Waals surface area (Å²) in [5.74, 6) is -0.741. The number of hydrogen-bond donors (Lipinski definition) is 9. The van der Waals surface area contributed by atoms with Crippen molar-refractivity contribution in [3.63, 3.8) is 0 Å². The third kappa shape index (κ3) is 8.46. The van der Waals surface area contributed by atoms with Crippen LogP contribution in [0.2, 0.25) is 0 Å². The average Bonchev–Trinajstić information content (AvgIpc) is 4.00. The van der Waals surface area contributed by atoms with E-state index in [0.717, 1.165) is 10.9 Å². The molecular formula is C28H36N14O16P2. The first kappa shape index (κ1) is 41.7. The van der Waals surface area contributed by atoms with Crippen molar-refractivity contribution in [1.82, 2.24) is 53.6 Å². The van der Waals surface area contributed by atoms with Crippen molar-refractivity contribution in [2.45, 2.75) is 74.6 Å². The van der Waals surface area contributed by atoms with Crippen molar-refractivity contribution in [2.75, 3.05) is 37.0 Å². The Morgan fingerprint density at radius 2 is 1.17 bits per heavy atom. The number of anilines is 3. The zero-order chi connectivity index (χ0) is 42.7. The van der Waals surface area contributed by atoms with Crippen molar-refractivity contribution >= 4 is 55.8 Å². The third-order valence-corrected chi connectivity index (χ3v) is 11.7. The highest BCUT2D eigenvalue weighted by Gasteiger charge is 2.46. The van der Waals surface area contributed by atoms with Crippen LogP contribution in [-0.2, 0) is 41.4 Å². The monoisotopic (exact) mass is 886 g/mol. The first-order chi connectivity index (χ1) is 28.5. The zero-order valence-corrected chi connectivity index (χ0v) is 32.3. The molecule has 8 rings (SSSR count). The number of nitrogens with one attached hydrogen (secondary N) is 2. The van der Waals surface area contributed by atoms with E-state index in [1.165, 1.54) is 21.8 Å². The van der Waals surface area contributed by atoms with Gasteiger partial charge in [-0.2, -0.15) is 15.0 Å². The number of ether oxygens (including phenoxy) is 3. The molecule has 60 heavy (non-hydrogen) atoms. The Hall–Kier alpha value is -5.07. The van der Waals surface area contributed by atoms with Gasteiger partial charge < -0.3 is 51.4 Å². The number of nitrogen functional groups attached to an aromatic ring is 3. The van der Waals surface area contributed by atoms with Gasteiger partial charge in [-0.3, -0.25) is 51.4 Å². The minimum atomic E-state index is -5.09. The molecule has 5 aromatic heterocycles. The fourth-order valence-corrected chi connectivity index (χ4v) is 8.83. The molecule has 0 aliphatic carbocycles. The summed E-state index contributed by atoms with van der Waals surface area (Å²) in [7, 11) is -10.2. The van der Waals surface area contributed by atoms with E-state index in [1.54, 1.807) is 0 Å². The highest BCUT2D eigenvalue weighted by molar-refractivity contribution is 7.47. The number of H-pyrrole nitrogens is 2. The summed E-state index contributed by atoms with van der Waals surface area (Å²) in [5, 5.41) is 20.7. The molecule has 8 heterocycles. The van der Waals surface area contributed by atoms with Crippen LogP contribution in [0.5, 0.6) is 0 Å². The van der Waals surface area contributed by atoms with Crippen LogP contribution in [0.3, 0.4) is 0 Å². The van der Waals surface area contributed by atoms with Crippen LogP contribution in [0.1, 0.15) is 37.9 Å². The van der Waals surface area contributed by atoms with Gasteiger partial charge in [0.25, 0.3) is 11.1 Å². The minimum absolute atomic E-state index is 0.0402. The van der Waals surface area contributed by atoms with Gasteiger partial charge in [-0.05, 0) is 0 Å². The molecule has 0 spiro atoms. The van der Waals surface area contributed by atoms with Crippen LogP contribution in [0.25, 0.3) is 22.3 Å². The molecule has 12 N–H and O–H groups in total. The molecule has 0 aromatic carbocycles. The van der Waals surface area contributed by atoms with Crippen molar-refractivity contribution < 1.29 is 61.4 Å². The molecule has 3 fully saturated rings. The summed E-state index contributed by atoms with van der Waals surface area (Å²) in [5.41, 5.74) is 14.7. The summed E-state index contributed by atoms with van der Waals surface area (Å²) >= 11 is 0. The molecule has 3 aliphatic rings. The fraction of sp³-hybridized carbons (Fsp3) is 0.536. The van der Waals surface area contributed by atoms with Gasteiger partial charge in [0.05, 0.1) is 38.6 Å². The first-order valence-electron chi connectivity index (χ1n) is 17.7. The Morgan fingerprint density at radius 1 is 0.700 bits per heavy atom. The molecule has 3 saturated heterocycles. The maximum Gasteiger partial charge on any atom is 0.472 e. The topological polar surface area (TPSA) is 433 Å². The number of phosphoric acid groups is 2. The second-order valence-corrected chi connectivity index (χ2v) is 16.4. The van der Waals surface area contributed by atoms with E-state index in [1.807, 2.05) is 0 Å². The first-order valence-corrected chi connectivity index (χ1v) is 20.7. The van der Waals surface area contributed by atoms with Crippen molar-refractivity contribution in [2.24, 2.45) is 0 Å². The summed E-state index contributed by atoms with van der Waals surface area (Å²) < 4.78 is 68.9. The van der Waals surface area contributed by atoms with Gasteiger partial charge in [0, 0.05) is 19.3 Å². The van der Waals surface area contributed by atoms with Crippen molar-refractivity contribution in [3.05, 3.63) is 50.2 Å². The maximum atomic E-state index is 13.3. The number of phosphoric ester groups is 2. The van der Waals surface area contributed by atoms with Gasteiger partial charge in [0.2, 0.25) is 17.8 Å². The number of nitrogens with two attached hydrogens (primary N) is 3. The Balaban J connectivity index is 0.931. The predicted molar refractivity (Wildman–Crippen MR) is 196 cm³/mol. The predicted octanol–water partition coefficient (Wildman–Crippen LogP) is -3.13. The number of aromatic amines is 2. The SMILES string of the molecule is Nc1ncn([C@H]2CC(OP(=O)(O)OC[C@H]3O[C@@H](n4cnc5c(=O)[nH]c(N)nc54)C[C@H]3O)[C@@H](COP(=O)(O)OC3C[C@H](n4cnc5c(=O)[nH]c(N)nc54)O[C@@H]3CO)O2)c(=O)n1. The van der Waals surface area contributed by atoms with Crippen LogP contribution in [0, 0.1) is 0 Å². The van der Waals surface area contributed by atoms with E-state index in [9.17, 15) is 43.5 Å². The fourth-order valence-electron chi connectivity index (χ4n) is 6.91. The van der Waals surface area contributed by atoms with Crippen LogP contribution in [0.15, 0.2) is 33.4 Å². The quantitative estimate of drug-likeness (QED) is 0.0498. The number of hydrogen-bond acceptors (Lipinski definition) is 23. The summed E-state index contributed by atoms with van der Waals surface area (Å²) in [6.07, 6.45) is -8.13. The van der Waals surface area contributed by atoms with Gasteiger partial charge in [-0.15, -0.1) is 0 Å². The van der Waals surface area contributed by atoms with Crippen LogP contribution in [0.4, 0.5) is 17.8 Å². The summed E-state index contributed by atoms with van der Waals surface area (Å²) in [6.45, 7) is -2.21. The molecule has 0 bridgehead atoms. The van der Waals surface area contributed by atoms with Crippen LogP contribution in [-0.4, -0.2) is 130 Å². The number of imidazole rings is 2. The van der Waals surface area contributed by atoms with Crippen LogP contribution >= 0.6 is 15.6 Å². The van der Waals surface area contributed by atoms with Gasteiger partial charge >= 0.3 is 21.3 Å². The summed E-state index contributed by atoms with van der Waals surface area (Å²) in [6, 6.07) is 0. The molecule has 5 aromatic rings. The minimum Gasteiger partial charge on any atom is -0.394 e. The molecule has 30 nitrogen and oxygen atoms in total. The number of aromatic nitrogens is 11. The molecular weight excluding hydrogens is 850 g/mol. The lowest BCUT2D eigenvalue weighted by Gasteiger charge is -2.24. The van der Waals surface area contributed by atoms with Gasteiger partial charge in [-0.25, -0.2) is 28.9 Å². The van der Waals surface area contributed by atoms with E-state index in [-0.39, 0.29) is 59.4 Å². The zero-order valence-electron chi connectivity index (χ0n) is 30.5. The van der Waals surface area contributed by atoms with Gasteiger partial charge in [0.15, 0.2) is 22.3 Å². The Labute approximate surface area is 332 Å². The Kier molecular flexibility index (Phi) is 11.2. The molecule has 32 heteroatoms. The molecule has 0 saturated carbocycles. The lowest BCUT2D eigenvalue weighted by molar-refractivity contribution is -0.0611. The van der Waals surface area contributed by atoms with E-state index in [0.29, 0.717) is 0 Å². The molecule has 11 atom stereocenters. The largest absolute Gasteiger partial charge is 0.472 e. The number of fused-ring (bicyclic) bond motifs is 2. The lowest BCUT2D eigenvalue weighted by atomic mass is 10.2. The normalized spacial score (nSPS) is 29.0. The van der Waals surface area contributed by atoms with E-state index in [4.69, 9.17) is 49.5 Å². The maximum absolute atomic E-state index is 13.3. The standard InChI is InChI=1S/C28H36N14O16P2/c29-25-34-9-42(28(47)39-25)18-3-12(58-59(48,49)52-5-14-10(44)1-16(55-14)40-7-32-19-21(40)35-26(30)37-23(19)45)15(56-18)6-53-60(50,51)57-11-2-17(54-13(11)4-43)41-8-33-20-22(41)36-27(31)38-24(20)46/h7-18,43-44H,1-6H2,(H,48,49)(H,50,51)(H2,29,39,47)(H3,30,35,37,45)(H3,31,36,38,46)/t10-,11?,12?,13-,14-,15-,16-,17-,18-/m1/s1. The van der Waals surface area contributed by atoms with E-state index >= 15 is 0 Å². The molecule has 324 valence electrons. The highest BCUT2D eigenvalue weighted by Crippen LogP contribution is 2.52. The van der Waals surface area contributed by atoms with Crippen LogP contribution < -0.4 is 34.0 Å². The average molecular weight is 887 g/mol. The second-order valence-electron chi connectivity index (χ2n) is 13.6. The second kappa shape index (κ2) is 16.1. The van der Waals surface area contributed by atoms with Gasteiger partial charge in [0.1, 0.15) is 55.5 Å². The van der Waals surface area contributed by atoms with Gasteiger partial charge in [-0.1, -0.05) is 0 Å². The lowest BCUT2D eigenvalue weighted by Crippen LogP contribution is -2.31. The van der Waals surface area contributed by atoms with E-state index < -0.39 is 108 Å². The smallest absolute Gasteiger partial charge is 0.394 e. The number of aliphatic hydroxyl groups excluding tert-OH is 2. The number of rotatable bonds is 14. The Morgan fingerprint density at radius 3 is 1.72 bits per heavy atom. The molecule has 4 unspecified atom stereocenters. The summed E-state index contributed by atoms with van der Waals surface area (Å²) in [4.78, 5) is 86.7. The molecule has 3 aliphatic heterocycles. The number of nitrogens with zero attached hydrogens (tertiary/aromatic N) is 9. The van der Waals surface area contributed by atoms with Crippen molar-refractivity contribution in [1.29, 1.82) is 0 Å². The third-order valence-electron chi connectivity index (χ3n) is 9.66. The molecule has 0 radical (unpaired) electrons.